The normalized spacial score (nSPS) is 13.0. The number of aromatic nitrogens is 3. The molecule has 0 saturated carbocycles. The maximum atomic E-state index is 13.1. The van der Waals surface area contributed by atoms with E-state index in [1.807, 2.05) is 13.0 Å². The van der Waals surface area contributed by atoms with Crippen LogP contribution in [0, 0.1) is 6.92 Å². The van der Waals surface area contributed by atoms with Crippen LogP contribution in [0.5, 0.6) is 0 Å². The average molecular weight is 331 g/mol. The lowest BCUT2D eigenvalue weighted by molar-refractivity contribution is -0.0158. The van der Waals surface area contributed by atoms with Gasteiger partial charge in [-0.05, 0) is 24.1 Å². The van der Waals surface area contributed by atoms with Gasteiger partial charge in [0.05, 0.1) is 5.69 Å². The van der Waals surface area contributed by atoms with Gasteiger partial charge < -0.3 is 9.63 Å². The molecule has 3 aromatic rings. The van der Waals surface area contributed by atoms with E-state index < -0.39 is 17.9 Å². The Kier molecular flexibility index (Phi) is 4.11. The Labute approximate surface area is 137 Å². The first kappa shape index (κ1) is 16.2. The largest absolute Gasteiger partial charge is 0.382 e. The van der Waals surface area contributed by atoms with E-state index in [0.29, 0.717) is 23.7 Å². The van der Waals surface area contributed by atoms with Crippen molar-refractivity contribution in [2.75, 3.05) is 0 Å². The molecule has 24 heavy (non-hydrogen) atoms. The number of benzene rings is 1. The van der Waals surface area contributed by atoms with Crippen LogP contribution in [0.2, 0.25) is 0 Å². The molecule has 5 nitrogen and oxygen atoms in total. The van der Waals surface area contributed by atoms with Gasteiger partial charge in [0, 0.05) is 18.7 Å². The summed E-state index contributed by atoms with van der Waals surface area (Å²) in [6.45, 7) is 2.61. The second kappa shape index (κ2) is 6.09. The minimum Gasteiger partial charge on any atom is -0.382 e. The lowest BCUT2D eigenvalue weighted by Gasteiger charge is -2.11. The SMILES string of the molecule is Cc1ccc(C(O)c2ccc(-c3noc(C(C)(F)F)n3)cc2)nc1. The van der Waals surface area contributed by atoms with E-state index in [4.69, 9.17) is 0 Å². The van der Waals surface area contributed by atoms with Crippen LogP contribution in [0.1, 0.15) is 35.7 Å². The Morgan fingerprint density at radius 3 is 2.38 bits per heavy atom. The zero-order valence-electron chi connectivity index (χ0n) is 13.1. The molecule has 124 valence electrons. The predicted molar refractivity (Wildman–Crippen MR) is 82.3 cm³/mol. The minimum absolute atomic E-state index is 0.0704. The summed E-state index contributed by atoms with van der Waals surface area (Å²) in [6, 6.07) is 10.2. The summed E-state index contributed by atoms with van der Waals surface area (Å²) in [5, 5.41) is 13.9. The van der Waals surface area contributed by atoms with Crippen LogP contribution in [-0.2, 0) is 5.92 Å². The molecule has 3 rings (SSSR count). The van der Waals surface area contributed by atoms with Gasteiger partial charge in [-0.25, -0.2) is 0 Å². The Balaban J connectivity index is 1.82. The van der Waals surface area contributed by atoms with E-state index in [9.17, 15) is 13.9 Å². The molecule has 0 radical (unpaired) electrons. The van der Waals surface area contributed by atoms with E-state index in [1.165, 1.54) is 0 Å². The second-order valence-electron chi connectivity index (χ2n) is 5.60. The lowest BCUT2D eigenvalue weighted by Crippen LogP contribution is -2.07. The third kappa shape index (κ3) is 3.30. The first-order valence-electron chi connectivity index (χ1n) is 7.27. The standard InChI is InChI=1S/C17H15F2N3O2/c1-10-3-8-13(20-9-10)14(23)11-4-6-12(7-5-11)15-21-16(24-22-15)17(2,18)19/h3-9,14,23H,1-2H3. The molecule has 2 aromatic heterocycles. The summed E-state index contributed by atoms with van der Waals surface area (Å²) in [5.74, 6) is -3.84. The topological polar surface area (TPSA) is 72.0 Å². The third-order valence-electron chi connectivity index (χ3n) is 3.50. The van der Waals surface area contributed by atoms with Crippen LogP contribution < -0.4 is 0 Å². The molecular weight excluding hydrogens is 316 g/mol. The smallest absolute Gasteiger partial charge is 0.322 e. The minimum atomic E-state index is -3.18. The molecule has 7 heteroatoms. The van der Waals surface area contributed by atoms with Crippen molar-refractivity contribution in [2.45, 2.75) is 25.9 Å². The van der Waals surface area contributed by atoms with Gasteiger partial charge in [0.1, 0.15) is 6.10 Å². The van der Waals surface area contributed by atoms with Crippen LogP contribution in [0.25, 0.3) is 11.4 Å². The lowest BCUT2D eigenvalue weighted by atomic mass is 10.0. The summed E-state index contributed by atoms with van der Waals surface area (Å²) in [7, 11) is 0. The van der Waals surface area contributed by atoms with E-state index in [1.54, 1.807) is 36.5 Å². The fourth-order valence-corrected chi connectivity index (χ4v) is 2.15. The third-order valence-corrected chi connectivity index (χ3v) is 3.50. The van der Waals surface area contributed by atoms with Gasteiger partial charge in [0.2, 0.25) is 5.82 Å². The van der Waals surface area contributed by atoms with Crippen molar-refractivity contribution in [3.8, 4) is 11.4 Å². The molecule has 1 unspecified atom stereocenters. The van der Waals surface area contributed by atoms with Gasteiger partial charge in [-0.1, -0.05) is 35.5 Å². The number of aliphatic hydroxyl groups is 1. The highest BCUT2D eigenvalue weighted by atomic mass is 19.3. The molecule has 0 fully saturated rings. The fourth-order valence-electron chi connectivity index (χ4n) is 2.15. The molecular formula is C17H15F2N3O2. The van der Waals surface area contributed by atoms with Crippen molar-refractivity contribution < 1.29 is 18.4 Å². The molecule has 0 aliphatic rings. The molecule has 0 aliphatic carbocycles. The van der Waals surface area contributed by atoms with Crippen molar-refractivity contribution in [1.29, 1.82) is 0 Å². The van der Waals surface area contributed by atoms with Gasteiger partial charge in [-0.3, -0.25) is 4.98 Å². The Bertz CT molecular complexity index is 824. The van der Waals surface area contributed by atoms with E-state index >= 15 is 0 Å². The van der Waals surface area contributed by atoms with E-state index in [0.717, 1.165) is 5.56 Å². The number of alkyl halides is 2. The summed E-state index contributed by atoms with van der Waals surface area (Å²) >= 11 is 0. The quantitative estimate of drug-likeness (QED) is 0.790. The molecule has 0 amide bonds. The van der Waals surface area contributed by atoms with Gasteiger partial charge >= 0.3 is 5.92 Å². The van der Waals surface area contributed by atoms with Gasteiger partial charge in [0.25, 0.3) is 5.89 Å². The number of hydrogen-bond donors (Lipinski definition) is 1. The molecule has 0 saturated heterocycles. The van der Waals surface area contributed by atoms with Crippen molar-refractivity contribution in [3.05, 3.63) is 65.3 Å². The maximum absolute atomic E-state index is 13.1. The number of aryl methyl sites for hydroxylation is 1. The number of aliphatic hydroxyl groups excluding tert-OH is 1. The predicted octanol–water partition coefficient (Wildman–Crippen LogP) is 3.63. The van der Waals surface area contributed by atoms with Gasteiger partial charge in [-0.2, -0.15) is 13.8 Å². The van der Waals surface area contributed by atoms with E-state index in [-0.39, 0.29) is 5.82 Å². The highest BCUT2D eigenvalue weighted by Gasteiger charge is 2.32. The van der Waals surface area contributed by atoms with Crippen molar-refractivity contribution in [1.82, 2.24) is 15.1 Å². The summed E-state index contributed by atoms with van der Waals surface area (Å²) < 4.78 is 30.8. The summed E-state index contributed by atoms with van der Waals surface area (Å²) in [5.41, 5.74) is 2.67. The monoisotopic (exact) mass is 331 g/mol. The summed E-state index contributed by atoms with van der Waals surface area (Å²) in [4.78, 5) is 7.88. The average Bonchev–Trinajstić information content (AvgIpc) is 3.05. The van der Waals surface area contributed by atoms with Crippen LogP contribution in [-0.4, -0.2) is 20.2 Å². The van der Waals surface area contributed by atoms with E-state index in [2.05, 4.69) is 19.6 Å². The van der Waals surface area contributed by atoms with Crippen molar-refractivity contribution >= 4 is 0 Å². The molecule has 0 spiro atoms. The maximum Gasteiger partial charge on any atom is 0.322 e. The number of rotatable bonds is 4. The molecule has 1 N–H and O–H groups in total. The number of halogens is 2. The number of pyridine rings is 1. The van der Waals surface area contributed by atoms with Gasteiger partial charge in [-0.15, -0.1) is 0 Å². The highest BCUT2D eigenvalue weighted by Crippen LogP contribution is 2.28. The first-order valence-corrected chi connectivity index (χ1v) is 7.27. The first-order chi connectivity index (χ1) is 11.3. The molecule has 0 bridgehead atoms. The van der Waals surface area contributed by atoms with Crippen LogP contribution in [0.15, 0.2) is 47.1 Å². The van der Waals surface area contributed by atoms with Crippen molar-refractivity contribution in [2.24, 2.45) is 0 Å². The van der Waals surface area contributed by atoms with Crippen LogP contribution in [0.3, 0.4) is 0 Å². The highest BCUT2D eigenvalue weighted by molar-refractivity contribution is 5.55. The van der Waals surface area contributed by atoms with Crippen LogP contribution in [0.4, 0.5) is 8.78 Å². The molecule has 1 aromatic carbocycles. The Morgan fingerprint density at radius 1 is 1.12 bits per heavy atom. The summed E-state index contributed by atoms with van der Waals surface area (Å²) in [6.07, 6.45) is 0.805. The van der Waals surface area contributed by atoms with Crippen molar-refractivity contribution in [3.63, 3.8) is 0 Å². The van der Waals surface area contributed by atoms with Gasteiger partial charge in [0.15, 0.2) is 0 Å². The Morgan fingerprint density at radius 2 is 1.83 bits per heavy atom. The molecule has 1 atom stereocenters. The Hall–Kier alpha value is -2.67. The molecule has 0 aliphatic heterocycles. The number of nitrogens with zero attached hydrogens (tertiary/aromatic N) is 3. The fraction of sp³-hybridized carbons (Fsp3) is 0.235. The van der Waals surface area contributed by atoms with Crippen LogP contribution >= 0.6 is 0 Å². The zero-order valence-corrected chi connectivity index (χ0v) is 13.1. The second-order valence-corrected chi connectivity index (χ2v) is 5.60. The zero-order chi connectivity index (χ0) is 17.3. The number of hydrogen-bond acceptors (Lipinski definition) is 5. The molecule has 2 heterocycles.